The summed E-state index contributed by atoms with van der Waals surface area (Å²) in [6.45, 7) is 4.10. The van der Waals surface area contributed by atoms with E-state index in [-0.39, 0.29) is 29.4 Å². The first-order chi connectivity index (χ1) is 16.4. The van der Waals surface area contributed by atoms with E-state index in [1.807, 2.05) is 0 Å². The zero-order chi connectivity index (χ0) is 24.2. The molecule has 1 nitrogen and oxygen atoms in total. The van der Waals surface area contributed by atoms with Crippen LogP contribution in [0.15, 0.2) is 48.5 Å². The van der Waals surface area contributed by atoms with Gasteiger partial charge in [-0.1, -0.05) is 56.2 Å². The fourth-order valence-electron chi connectivity index (χ4n) is 5.12. The summed E-state index contributed by atoms with van der Waals surface area (Å²) in [6, 6.07) is 12.5. The zero-order valence-corrected chi connectivity index (χ0v) is 19.6. The van der Waals surface area contributed by atoms with Crippen molar-refractivity contribution in [1.29, 1.82) is 0 Å². The Morgan fingerprint density at radius 2 is 1.24 bits per heavy atom. The van der Waals surface area contributed by atoms with Crippen molar-refractivity contribution in [2.24, 2.45) is 5.92 Å². The maximum atomic E-state index is 15.1. The van der Waals surface area contributed by atoms with Gasteiger partial charge in [-0.3, -0.25) is 0 Å². The third-order valence-electron chi connectivity index (χ3n) is 6.95. The Kier molecular flexibility index (Phi) is 7.60. The molecule has 0 unspecified atom stereocenters. The standard InChI is InChI=1S/C29H30F4O/c1-3-5-18-6-8-19(9-7-18)22-14-15-23(27(31)26(22)30)20-10-12-21(13-11-20)24-16-17-25(34-4-2)29(33)28(24)32/h10-19H,3-9H2,1-2H3. The molecule has 1 aliphatic carbocycles. The molecule has 3 aromatic rings. The van der Waals surface area contributed by atoms with Crippen LogP contribution in [-0.2, 0) is 0 Å². The fourth-order valence-corrected chi connectivity index (χ4v) is 5.12. The lowest BCUT2D eigenvalue weighted by Gasteiger charge is -2.29. The van der Waals surface area contributed by atoms with Gasteiger partial charge in [0.05, 0.1) is 6.61 Å². The number of benzene rings is 3. The summed E-state index contributed by atoms with van der Waals surface area (Å²) in [5.74, 6) is -3.08. The highest BCUT2D eigenvalue weighted by molar-refractivity contribution is 5.71. The Morgan fingerprint density at radius 3 is 1.79 bits per heavy atom. The average Bonchev–Trinajstić information content (AvgIpc) is 2.85. The van der Waals surface area contributed by atoms with Crippen LogP contribution in [0.25, 0.3) is 22.3 Å². The Labute approximate surface area is 198 Å². The van der Waals surface area contributed by atoms with Crippen molar-refractivity contribution in [2.45, 2.75) is 58.3 Å². The molecular weight excluding hydrogens is 440 g/mol. The van der Waals surface area contributed by atoms with Crippen molar-refractivity contribution >= 4 is 0 Å². The highest BCUT2D eigenvalue weighted by Gasteiger charge is 2.26. The number of hydrogen-bond donors (Lipinski definition) is 0. The number of rotatable bonds is 7. The van der Waals surface area contributed by atoms with Crippen LogP contribution in [0.4, 0.5) is 17.6 Å². The number of halogens is 4. The van der Waals surface area contributed by atoms with Gasteiger partial charge < -0.3 is 4.74 Å². The normalized spacial score (nSPS) is 18.2. The summed E-state index contributed by atoms with van der Waals surface area (Å²) in [7, 11) is 0. The van der Waals surface area contributed by atoms with Crippen LogP contribution in [0.5, 0.6) is 5.75 Å². The molecule has 0 spiro atoms. The predicted octanol–water partition coefficient (Wildman–Crippen LogP) is 9.05. The van der Waals surface area contributed by atoms with Gasteiger partial charge in [-0.05, 0) is 73.3 Å². The van der Waals surface area contributed by atoms with E-state index in [0.717, 1.165) is 32.1 Å². The van der Waals surface area contributed by atoms with Crippen LogP contribution in [0.2, 0.25) is 0 Å². The number of hydrogen-bond acceptors (Lipinski definition) is 1. The van der Waals surface area contributed by atoms with Crippen molar-refractivity contribution in [3.63, 3.8) is 0 Å². The minimum Gasteiger partial charge on any atom is -0.491 e. The molecule has 0 amide bonds. The van der Waals surface area contributed by atoms with Gasteiger partial charge in [-0.2, -0.15) is 4.39 Å². The lowest BCUT2D eigenvalue weighted by Crippen LogP contribution is -2.14. The summed E-state index contributed by atoms with van der Waals surface area (Å²) < 4.78 is 64.0. The third-order valence-corrected chi connectivity index (χ3v) is 6.95. The highest BCUT2D eigenvalue weighted by Crippen LogP contribution is 2.40. The molecule has 0 bridgehead atoms. The Hall–Kier alpha value is -2.82. The van der Waals surface area contributed by atoms with Crippen LogP contribution in [0.3, 0.4) is 0 Å². The van der Waals surface area contributed by atoms with E-state index < -0.39 is 23.3 Å². The van der Waals surface area contributed by atoms with Gasteiger partial charge in [0.1, 0.15) is 0 Å². The van der Waals surface area contributed by atoms with Gasteiger partial charge in [0, 0.05) is 11.1 Å². The topological polar surface area (TPSA) is 9.23 Å². The van der Waals surface area contributed by atoms with Gasteiger partial charge in [0.15, 0.2) is 23.2 Å². The molecule has 0 aliphatic heterocycles. The second kappa shape index (κ2) is 10.6. The predicted molar refractivity (Wildman–Crippen MR) is 128 cm³/mol. The van der Waals surface area contributed by atoms with E-state index in [4.69, 9.17) is 4.74 Å². The van der Waals surface area contributed by atoms with Crippen molar-refractivity contribution in [3.05, 3.63) is 77.4 Å². The summed E-state index contributed by atoms with van der Waals surface area (Å²) in [5.41, 5.74) is 1.61. The lowest BCUT2D eigenvalue weighted by molar-refractivity contribution is 0.303. The smallest absolute Gasteiger partial charge is 0.201 e. The molecule has 1 aliphatic rings. The van der Waals surface area contributed by atoms with E-state index in [1.54, 1.807) is 43.3 Å². The molecule has 0 saturated heterocycles. The molecule has 4 rings (SSSR count). The van der Waals surface area contributed by atoms with Gasteiger partial charge in [0.25, 0.3) is 0 Å². The Bertz CT molecular complexity index is 1130. The third kappa shape index (κ3) is 4.84. The molecule has 34 heavy (non-hydrogen) atoms. The van der Waals surface area contributed by atoms with Crippen LogP contribution in [-0.4, -0.2) is 6.61 Å². The second-order valence-corrected chi connectivity index (χ2v) is 9.09. The van der Waals surface area contributed by atoms with E-state index >= 15 is 8.78 Å². The fraction of sp³-hybridized carbons (Fsp3) is 0.379. The molecule has 0 atom stereocenters. The number of ether oxygens (including phenoxy) is 1. The molecule has 3 aromatic carbocycles. The van der Waals surface area contributed by atoms with Crippen molar-refractivity contribution in [3.8, 4) is 28.0 Å². The minimum absolute atomic E-state index is 0.0524. The SMILES string of the molecule is CCCC1CCC(c2ccc(-c3ccc(-c4ccc(OCC)c(F)c4F)cc3)c(F)c2F)CC1. The maximum Gasteiger partial charge on any atom is 0.201 e. The van der Waals surface area contributed by atoms with E-state index in [2.05, 4.69) is 6.92 Å². The quantitative estimate of drug-likeness (QED) is 0.313. The van der Waals surface area contributed by atoms with Gasteiger partial charge in [0.2, 0.25) is 5.82 Å². The summed E-state index contributed by atoms with van der Waals surface area (Å²) in [4.78, 5) is 0. The largest absolute Gasteiger partial charge is 0.491 e. The second-order valence-electron chi connectivity index (χ2n) is 9.09. The van der Waals surface area contributed by atoms with Crippen molar-refractivity contribution < 1.29 is 22.3 Å². The molecular formula is C29H30F4O. The van der Waals surface area contributed by atoms with E-state index in [0.29, 0.717) is 22.6 Å². The lowest BCUT2D eigenvalue weighted by atomic mass is 9.77. The maximum absolute atomic E-state index is 15.1. The van der Waals surface area contributed by atoms with Crippen molar-refractivity contribution in [1.82, 2.24) is 0 Å². The molecule has 5 heteroatoms. The summed E-state index contributed by atoms with van der Waals surface area (Å²) in [5, 5.41) is 0. The first-order valence-electron chi connectivity index (χ1n) is 12.1. The molecule has 0 aromatic heterocycles. The van der Waals surface area contributed by atoms with Gasteiger partial charge in [-0.25, -0.2) is 13.2 Å². The molecule has 1 fully saturated rings. The molecule has 180 valence electrons. The van der Waals surface area contributed by atoms with Gasteiger partial charge >= 0.3 is 0 Å². The first kappa shape index (κ1) is 24.3. The van der Waals surface area contributed by atoms with E-state index in [9.17, 15) is 8.78 Å². The Balaban J connectivity index is 1.56. The van der Waals surface area contributed by atoms with Crippen LogP contribution in [0, 0.1) is 29.2 Å². The summed E-state index contributed by atoms with van der Waals surface area (Å²) in [6.07, 6.45) is 6.26. The molecule has 1 saturated carbocycles. The molecule has 0 heterocycles. The monoisotopic (exact) mass is 470 g/mol. The van der Waals surface area contributed by atoms with Crippen LogP contribution >= 0.6 is 0 Å². The summed E-state index contributed by atoms with van der Waals surface area (Å²) >= 11 is 0. The van der Waals surface area contributed by atoms with E-state index in [1.165, 1.54) is 18.6 Å². The average molecular weight is 471 g/mol. The van der Waals surface area contributed by atoms with Gasteiger partial charge in [-0.15, -0.1) is 0 Å². The molecule has 0 radical (unpaired) electrons. The zero-order valence-electron chi connectivity index (χ0n) is 19.6. The molecule has 0 N–H and O–H groups in total. The van der Waals surface area contributed by atoms with Crippen molar-refractivity contribution in [2.75, 3.05) is 6.61 Å². The first-order valence-corrected chi connectivity index (χ1v) is 12.1. The minimum atomic E-state index is -1.05. The van der Waals surface area contributed by atoms with Crippen LogP contribution < -0.4 is 4.74 Å². The highest BCUT2D eigenvalue weighted by atomic mass is 19.2. The van der Waals surface area contributed by atoms with Crippen LogP contribution in [0.1, 0.15) is 63.9 Å². The Morgan fingerprint density at radius 1 is 0.676 bits per heavy atom.